The third-order valence-corrected chi connectivity index (χ3v) is 7.19. The number of carbonyl (C=O) groups is 4. The molecule has 2 heterocycles. The Morgan fingerprint density at radius 2 is 1.74 bits per heavy atom. The molecule has 3 aromatic rings. The molecule has 2 atom stereocenters. The highest BCUT2D eigenvalue weighted by Gasteiger charge is 2.55. The number of pyridine rings is 1. The van der Waals surface area contributed by atoms with Gasteiger partial charge in [-0.25, -0.2) is 4.79 Å². The lowest BCUT2D eigenvalue weighted by atomic mass is 9.97. The first kappa shape index (κ1) is 27.8. The number of aromatic nitrogens is 1. The number of nitrogens with zero attached hydrogens (tertiary/aromatic N) is 1. The Balaban J connectivity index is 1.33. The Hall–Kier alpha value is -4.18. The zero-order chi connectivity index (χ0) is 27.8. The van der Waals surface area contributed by atoms with E-state index in [9.17, 15) is 19.2 Å². The van der Waals surface area contributed by atoms with Crippen molar-refractivity contribution in [3.63, 3.8) is 0 Å². The smallest absolute Gasteiger partial charge is 0.333 e. The van der Waals surface area contributed by atoms with E-state index in [1.807, 2.05) is 42.5 Å². The van der Waals surface area contributed by atoms with Crippen molar-refractivity contribution in [1.82, 2.24) is 10.3 Å². The minimum atomic E-state index is -1.70. The SMILES string of the molecule is CC(=O)OC(C)c1ccc(CCOc2ccc(C[C@]3(C(=O)OCc4ccccc4)SC(=O)NC3=O)cc2)nc1. The van der Waals surface area contributed by atoms with Crippen LogP contribution < -0.4 is 10.1 Å². The van der Waals surface area contributed by atoms with Crippen LogP contribution in [0.15, 0.2) is 72.9 Å². The third kappa shape index (κ3) is 7.23. The Bertz CT molecular complexity index is 1330. The summed E-state index contributed by atoms with van der Waals surface area (Å²) in [7, 11) is 0. The molecular formula is C29H28N2O7S. The van der Waals surface area contributed by atoms with Gasteiger partial charge in [0.25, 0.3) is 11.1 Å². The molecule has 2 aromatic carbocycles. The van der Waals surface area contributed by atoms with Gasteiger partial charge in [-0.3, -0.25) is 24.7 Å². The van der Waals surface area contributed by atoms with Crippen LogP contribution in [0.1, 0.15) is 42.3 Å². The molecule has 0 spiro atoms. The topological polar surface area (TPSA) is 121 Å². The van der Waals surface area contributed by atoms with Gasteiger partial charge in [0.15, 0.2) is 0 Å². The standard InChI is InChI=1S/C29H28N2O7S/c1-19(38-20(2)32)23-10-11-24(30-17-23)14-15-36-25-12-8-21(9-13-25)16-29(26(33)31-28(35)39-29)27(34)37-18-22-6-4-3-5-7-22/h3-13,17,19H,14-16,18H2,1-2H3,(H,31,33,35)/t19?,29-/m0/s1. The zero-order valence-corrected chi connectivity index (χ0v) is 22.4. The average Bonchev–Trinajstić information content (AvgIpc) is 3.22. The number of hydrogen-bond acceptors (Lipinski definition) is 9. The summed E-state index contributed by atoms with van der Waals surface area (Å²) < 4.78 is 14.7. The molecule has 1 unspecified atom stereocenters. The van der Waals surface area contributed by atoms with Gasteiger partial charge in [-0.2, -0.15) is 0 Å². The summed E-state index contributed by atoms with van der Waals surface area (Å²) in [6.45, 7) is 3.54. The number of rotatable bonds is 11. The summed E-state index contributed by atoms with van der Waals surface area (Å²) in [5.41, 5.74) is 3.09. The average molecular weight is 549 g/mol. The van der Waals surface area contributed by atoms with E-state index in [4.69, 9.17) is 14.2 Å². The van der Waals surface area contributed by atoms with Crippen molar-refractivity contribution in [1.29, 1.82) is 0 Å². The van der Waals surface area contributed by atoms with Gasteiger partial charge in [-0.15, -0.1) is 0 Å². The van der Waals surface area contributed by atoms with Gasteiger partial charge in [0.05, 0.1) is 6.61 Å². The largest absolute Gasteiger partial charge is 0.493 e. The van der Waals surface area contributed by atoms with E-state index < -0.39 is 21.9 Å². The van der Waals surface area contributed by atoms with E-state index in [0.29, 0.717) is 36.1 Å². The molecule has 2 amide bonds. The predicted octanol–water partition coefficient (Wildman–Crippen LogP) is 4.33. The van der Waals surface area contributed by atoms with Gasteiger partial charge < -0.3 is 14.2 Å². The van der Waals surface area contributed by atoms with E-state index in [-0.39, 0.29) is 25.1 Å². The fraction of sp³-hybridized carbons (Fsp3) is 0.276. The number of ether oxygens (including phenoxy) is 3. The van der Waals surface area contributed by atoms with E-state index >= 15 is 0 Å². The maximum Gasteiger partial charge on any atom is 0.333 e. The van der Waals surface area contributed by atoms with Crippen LogP contribution in [0, 0.1) is 0 Å². The van der Waals surface area contributed by atoms with E-state index in [1.165, 1.54) is 6.92 Å². The summed E-state index contributed by atoms with van der Waals surface area (Å²) >= 11 is 0.643. The number of benzene rings is 2. The Morgan fingerprint density at radius 1 is 1.00 bits per heavy atom. The van der Waals surface area contributed by atoms with Crippen molar-refractivity contribution < 1.29 is 33.4 Å². The van der Waals surface area contributed by atoms with Gasteiger partial charge in [-0.05, 0) is 48.0 Å². The summed E-state index contributed by atoms with van der Waals surface area (Å²) in [6.07, 6.45) is 1.88. The molecule has 0 bridgehead atoms. The number of imide groups is 1. The van der Waals surface area contributed by atoms with Crippen LogP contribution in [0.5, 0.6) is 5.75 Å². The van der Waals surface area contributed by atoms with Crippen LogP contribution in [0.3, 0.4) is 0 Å². The lowest BCUT2D eigenvalue weighted by molar-refractivity contribution is -0.151. The van der Waals surface area contributed by atoms with Crippen LogP contribution in [0.25, 0.3) is 0 Å². The first-order valence-electron chi connectivity index (χ1n) is 12.3. The van der Waals surface area contributed by atoms with Crippen molar-refractivity contribution in [2.24, 2.45) is 0 Å². The van der Waals surface area contributed by atoms with Gasteiger partial charge in [0.1, 0.15) is 18.5 Å². The summed E-state index contributed by atoms with van der Waals surface area (Å²) in [6, 6.07) is 19.8. The van der Waals surface area contributed by atoms with E-state index in [2.05, 4.69) is 10.3 Å². The third-order valence-electron chi connectivity index (χ3n) is 6.05. The molecule has 1 aliphatic heterocycles. The molecule has 9 nitrogen and oxygen atoms in total. The minimum Gasteiger partial charge on any atom is -0.493 e. The molecule has 1 saturated heterocycles. The molecule has 1 aliphatic rings. The molecular weight excluding hydrogens is 520 g/mol. The van der Waals surface area contributed by atoms with Crippen LogP contribution in [0.2, 0.25) is 0 Å². The molecule has 1 N–H and O–H groups in total. The molecule has 0 aliphatic carbocycles. The Kier molecular flexibility index (Phi) is 8.98. The van der Waals surface area contributed by atoms with Crippen molar-refractivity contribution in [3.05, 3.63) is 95.3 Å². The quantitative estimate of drug-likeness (QED) is 0.276. The van der Waals surface area contributed by atoms with Gasteiger partial charge >= 0.3 is 11.9 Å². The number of esters is 2. The van der Waals surface area contributed by atoms with Gasteiger partial charge in [-0.1, -0.05) is 48.5 Å². The molecule has 10 heteroatoms. The van der Waals surface area contributed by atoms with Crippen molar-refractivity contribution in [2.75, 3.05) is 6.61 Å². The number of thioether (sulfide) groups is 1. The monoisotopic (exact) mass is 548 g/mol. The van der Waals surface area contributed by atoms with Crippen molar-refractivity contribution in [2.45, 2.75) is 44.1 Å². The fourth-order valence-corrected chi connectivity index (χ4v) is 4.98. The van der Waals surface area contributed by atoms with E-state index in [1.54, 1.807) is 37.4 Å². The number of nitrogens with one attached hydrogen (secondary N) is 1. The zero-order valence-electron chi connectivity index (χ0n) is 21.5. The molecule has 202 valence electrons. The summed E-state index contributed by atoms with van der Waals surface area (Å²) in [5, 5.41) is 1.63. The number of amides is 2. The molecule has 39 heavy (non-hydrogen) atoms. The molecule has 1 aromatic heterocycles. The van der Waals surface area contributed by atoms with Gasteiger partial charge in [0.2, 0.25) is 4.75 Å². The Morgan fingerprint density at radius 3 is 2.36 bits per heavy atom. The van der Waals surface area contributed by atoms with Crippen LogP contribution >= 0.6 is 11.8 Å². The normalized spacial score (nSPS) is 17.3. The van der Waals surface area contributed by atoms with Crippen molar-refractivity contribution >= 4 is 34.8 Å². The van der Waals surface area contributed by atoms with Crippen LogP contribution in [0.4, 0.5) is 4.79 Å². The second-order valence-electron chi connectivity index (χ2n) is 8.99. The van der Waals surface area contributed by atoms with Crippen LogP contribution in [-0.2, 0) is 43.3 Å². The van der Waals surface area contributed by atoms with E-state index in [0.717, 1.165) is 16.8 Å². The molecule has 1 fully saturated rings. The number of carbonyl (C=O) groups excluding carboxylic acids is 4. The minimum absolute atomic E-state index is 0.000959. The molecule has 0 radical (unpaired) electrons. The maximum atomic E-state index is 13.0. The first-order chi connectivity index (χ1) is 18.7. The lowest BCUT2D eigenvalue weighted by Gasteiger charge is -2.22. The highest BCUT2D eigenvalue weighted by atomic mass is 32.2. The Labute approximate surface area is 230 Å². The van der Waals surface area contributed by atoms with Crippen LogP contribution in [-0.4, -0.2) is 39.4 Å². The second-order valence-corrected chi connectivity index (χ2v) is 10.3. The number of hydrogen-bond donors (Lipinski definition) is 1. The van der Waals surface area contributed by atoms with Gasteiger partial charge in [0, 0.05) is 37.2 Å². The summed E-state index contributed by atoms with van der Waals surface area (Å²) in [4.78, 5) is 53.3. The molecule has 0 saturated carbocycles. The molecule has 4 rings (SSSR count). The lowest BCUT2D eigenvalue weighted by Crippen LogP contribution is -2.46. The fourth-order valence-electron chi connectivity index (χ4n) is 3.99. The summed E-state index contributed by atoms with van der Waals surface area (Å²) in [5.74, 6) is -1.18. The maximum absolute atomic E-state index is 13.0. The highest BCUT2D eigenvalue weighted by molar-refractivity contribution is 8.16. The second kappa shape index (κ2) is 12.6. The predicted molar refractivity (Wildman–Crippen MR) is 144 cm³/mol. The first-order valence-corrected chi connectivity index (χ1v) is 13.2. The van der Waals surface area contributed by atoms with Crippen molar-refractivity contribution in [3.8, 4) is 5.75 Å². The highest BCUT2D eigenvalue weighted by Crippen LogP contribution is 2.37.